The molecule has 0 saturated heterocycles. The molecule has 1 aliphatic heterocycles. The summed E-state index contributed by atoms with van der Waals surface area (Å²) in [6.07, 6.45) is 0.292. The van der Waals surface area contributed by atoms with Crippen molar-refractivity contribution < 1.29 is 17.6 Å². The minimum atomic E-state index is -3.37. The van der Waals surface area contributed by atoms with Gasteiger partial charge >= 0.3 is 0 Å². The molecule has 2 aromatic rings. The number of hydrazone groups is 1. The number of carbonyl (C=O) groups is 1. The molecule has 6 nitrogen and oxygen atoms in total. The Morgan fingerprint density at radius 2 is 1.96 bits per heavy atom. The van der Waals surface area contributed by atoms with Crippen LogP contribution >= 0.6 is 11.6 Å². The van der Waals surface area contributed by atoms with Crippen molar-refractivity contribution in [2.75, 3.05) is 10.5 Å². The lowest BCUT2D eigenvalue weighted by molar-refractivity contribution is -0.130. The maximum absolute atomic E-state index is 14.4. The molecule has 9 heteroatoms. The van der Waals surface area contributed by atoms with Crippen LogP contribution in [0.25, 0.3) is 0 Å². The number of sulfonamides is 1. The summed E-state index contributed by atoms with van der Waals surface area (Å²) >= 11 is 6.18. The molecule has 1 amide bonds. The van der Waals surface area contributed by atoms with E-state index in [2.05, 4.69) is 9.82 Å². The number of hydrogen-bond acceptors (Lipinski definition) is 4. The molecule has 1 unspecified atom stereocenters. The summed E-state index contributed by atoms with van der Waals surface area (Å²) in [5.74, 6) is -0.851. The highest BCUT2D eigenvalue weighted by molar-refractivity contribution is 7.92. The largest absolute Gasteiger partial charge is 0.284 e. The molecule has 3 rings (SSSR count). The van der Waals surface area contributed by atoms with E-state index >= 15 is 0 Å². The van der Waals surface area contributed by atoms with Crippen LogP contribution < -0.4 is 4.72 Å². The van der Waals surface area contributed by atoms with Crippen LogP contribution in [0.2, 0.25) is 5.02 Å². The van der Waals surface area contributed by atoms with Crippen LogP contribution in [-0.2, 0) is 14.8 Å². The number of halogens is 2. The quantitative estimate of drug-likeness (QED) is 0.791. The van der Waals surface area contributed by atoms with Crippen LogP contribution in [0.4, 0.5) is 10.1 Å². The molecular weight excluding hydrogens is 405 g/mol. The van der Waals surface area contributed by atoms with Gasteiger partial charge in [-0.05, 0) is 36.8 Å². The third-order valence-electron chi connectivity index (χ3n) is 4.44. The zero-order valence-corrected chi connectivity index (χ0v) is 16.9. The maximum atomic E-state index is 14.4. The van der Waals surface area contributed by atoms with Gasteiger partial charge in [0.15, 0.2) is 0 Å². The molecule has 0 saturated carbocycles. The predicted molar refractivity (Wildman–Crippen MR) is 107 cm³/mol. The van der Waals surface area contributed by atoms with Gasteiger partial charge in [0.2, 0.25) is 15.9 Å². The highest BCUT2D eigenvalue weighted by Crippen LogP contribution is 2.37. The van der Waals surface area contributed by atoms with E-state index in [0.29, 0.717) is 23.4 Å². The Morgan fingerprint density at radius 3 is 2.54 bits per heavy atom. The predicted octanol–water partition coefficient (Wildman–Crippen LogP) is 3.94. The van der Waals surface area contributed by atoms with Crippen molar-refractivity contribution in [3.8, 4) is 0 Å². The Balaban J connectivity index is 1.89. The number of nitrogens with one attached hydrogen (secondary N) is 1. The van der Waals surface area contributed by atoms with Crippen LogP contribution in [0.3, 0.4) is 0 Å². The van der Waals surface area contributed by atoms with Crippen molar-refractivity contribution in [3.63, 3.8) is 0 Å². The molecule has 0 aromatic heterocycles. The van der Waals surface area contributed by atoms with Crippen molar-refractivity contribution in [1.29, 1.82) is 0 Å². The van der Waals surface area contributed by atoms with E-state index < -0.39 is 21.9 Å². The van der Waals surface area contributed by atoms with Crippen molar-refractivity contribution >= 4 is 38.9 Å². The summed E-state index contributed by atoms with van der Waals surface area (Å²) in [5, 5.41) is 5.82. The van der Waals surface area contributed by atoms with Gasteiger partial charge in [-0.1, -0.05) is 29.8 Å². The van der Waals surface area contributed by atoms with Gasteiger partial charge in [-0.25, -0.2) is 17.8 Å². The summed E-state index contributed by atoms with van der Waals surface area (Å²) in [6.45, 7) is 2.91. The number of anilines is 1. The molecule has 1 aliphatic rings. The van der Waals surface area contributed by atoms with E-state index in [9.17, 15) is 17.6 Å². The molecule has 0 radical (unpaired) electrons. The number of benzene rings is 2. The lowest BCUT2D eigenvalue weighted by Crippen LogP contribution is -2.25. The van der Waals surface area contributed by atoms with Gasteiger partial charge < -0.3 is 0 Å². The van der Waals surface area contributed by atoms with Crippen molar-refractivity contribution in [2.45, 2.75) is 26.3 Å². The highest BCUT2D eigenvalue weighted by atomic mass is 35.5. The van der Waals surface area contributed by atoms with Gasteiger partial charge in [0, 0.05) is 29.6 Å². The lowest BCUT2D eigenvalue weighted by Gasteiger charge is -2.21. The van der Waals surface area contributed by atoms with Gasteiger partial charge in [0.25, 0.3) is 0 Å². The molecule has 0 spiro atoms. The number of rotatable bonds is 5. The van der Waals surface area contributed by atoms with E-state index in [1.165, 1.54) is 24.1 Å². The van der Waals surface area contributed by atoms with Crippen molar-refractivity contribution in [2.24, 2.45) is 5.10 Å². The zero-order chi connectivity index (χ0) is 20.5. The molecule has 28 heavy (non-hydrogen) atoms. The molecular formula is C19H19ClFN3O3S. The van der Waals surface area contributed by atoms with E-state index in [1.807, 2.05) is 0 Å². The second-order valence-electron chi connectivity index (χ2n) is 6.35. The Bertz CT molecular complexity index is 1020. The maximum Gasteiger partial charge on any atom is 0.240 e. The van der Waals surface area contributed by atoms with E-state index in [-0.39, 0.29) is 22.2 Å². The third kappa shape index (κ3) is 4.18. The van der Waals surface area contributed by atoms with Gasteiger partial charge in [-0.3, -0.25) is 9.52 Å². The fraction of sp³-hybridized carbons (Fsp3) is 0.263. The van der Waals surface area contributed by atoms with Crippen molar-refractivity contribution in [3.05, 3.63) is 64.4 Å². The first-order chi connectivity index (χ1) is 13.2. The first-order valence-corrected chi connectivity index (χ1v) is 10.7. The fourth-order valence-corrected chi connectivity index (χ4v) is 3.94. The van der Waals surface area contributed by atoms with E-state index in [4.69, 9.17) is 11.6 Å². The first kappa shape index (κ1) is 20.3. The number of nitrogens with zero attached hydrogens (tertiary/aromatic N) is 2. The third-order valence-corrected chi connectivity index (χ3v) is 6.07. The van der Waals surface area contributed by atoms with Crippen molar-refractivity contribution in [1.82, 2.24) is 5.01 Å². The summed E-state index contributed by atoms with van der Waals surface area (Å²) in [6, 6.07) is 10.4. The second kappa shape index (κ2) is 7.89. The summed E-state index contributed by atoms with van der Waals surface area (Å²) in [4.78, 5) is 12.0. The Kier molecular flexibility index (Phi) is 5.71. The summed E-state index contributed by atoms with van der Waals surface area (Å²) in [5.41, 5.74) is 1.96. The number of amides is 1. The highest BCUT2D eigenvalue weighted by Gasteiger charge is 2.34. The number of hydrogen-bond donors (Lipinski definition) is 1. The standard InChI is InChI=1S/C19H19ClFN3O3S/c1-3-28(26,27)23-14-9-7-13(8-10-14)17-11-18(24(22-17)12(2)25)19-15(20)5-4-6-16(19)21/h4-10,18,23H,3,11H2,1-2H3. The topological polar surface area (TPSA) is 78.8 Å². The van der Waals surface area contributed by atoms with E-state index in [0.717, 1.165) is 0 Å². The molecule has 1 N–H and O–H groups in total. The molecule has 148 valence electrons. The molecule has 0 fully saturated rings. The van der Waals surface area contributed by atoms with Crippen LogP contribution in [0.5, 0.6) is 0 Å². The van der Waals surface area contributed by atoms with Crippen LogP contribution in [0.1, 0.15) is 37.4 Å². The minimum Gasteiger partial charge on any atom is -0.284 e. The molecule has 0 aliphatic carbocycles. The van der Waals surface area contributed by atoms with Crippen LogP contribution in [0.15, 0.2) is 47.6 Å². The van der Waals surface area contributed by atoms with Gasteiger partial charge in [0.05, 0.1) is 17.5 Å². The van der Waals surface area contributed by atoms with Crippen LogP contribution in [-0.4, -0.2) is 30.8 Å². The van der Waals surface area contributed by atoms with Crippen LogP contribution in [0, 0.1) is 5.82 Å². The molecule has 2 aromatic carbocycles. The monoisotopic (exact) mass is 423 g/mol. The molecule has 1 atom stereocenters. The van der Waals surface area contributed by atoms with Gasteiger partial charge in [0.1, 0.15) is 5.82 Å². The Morgan fingerprint density at radius 1 is 1.29 bits per heavy atom. The average molecular weight is 424 g/mol. The zero-order valence-electron chi connectivity index (χ0n) is 15.3. The number of carbonyl (C=O) groups excluding carboxylic acids is 1. The summed E-state index contributed by atoms with van der Waals surface area (Å²) in [7, 11) is -3.37. The smallest absolute Gasteiger partial charge is 0.240 e. The van der Waals surface area contributed by atoms with E-state index in [1.54, 1.807) is 37.3 Å². The first-order valence-electron chi connectivity index (χ1n) is 8.64. The molecule has 0 bridgehead atoms. The fourth-order valence-electron chi connectivity index (χ4n) is 3.01. The lowest BCUT2D eigenvalue weighted by atomic mass is 9.98. The SMILES string of the molecule is CCS(=O)(=O)Nc1ccc(C2=NN(C(C)=O)C(c3c(F)cccc3Cl)C2)cc1. The second-order valence-corrected chi connectivity index (χ2v) is 8.77. The normalized spacial score (nSPS) is 16.8. The summed E-state index contributed by atoms with van der Waals surface area (Å²) < 4.78 is 40.2. The minimum absolute atomic E-state index is 0.0277. The van der Waals surface area contributed by atoms with Gasteiger partial charge in [-0.2, -0.15) is 5.10 Å². The average Bonchev–Trinajstić information content (AvgIpc) is 3.07. The Labute approximate surface area is 168 Å². The Hall–Kier alpha value is -2.45. The van der Waals surface area contributed by atoms with Gasteiger partial charge in [-0.15, -0.1) is 0 Å². The molecule has 1 heterocycles.